The molecular formula is C9H7BBrN3O2. The van der Waals surface area contributed by atoms with E-state index in [-0.39, 0.29) is 0 Å². The van der Waals surface area contributed by atoms with E-state index in [0.29, 0.717) is 21.3 Å². The van der Waals surface area contributed by atoms with Crippen LogP contribution in [-0.4, -0.2) is 32.1 Å². The average molecular weight is 280 g/mol. The molecule has 0 fully saturated rings. The highest BCUT2D eigenvalue weighted by atomic mass is 79.9. The molecule has 0 aliphatic heterocycles. The molecule has 0 amide bonds. The molecule has 0 unspecified atom stereocenters. The molecule has 0 atom stereocenters. The Hall–Kier alpha value is -1.31. The van der Waals surface area contributed by atoms with Crippen LogP contribution in [0.5, 0.6) is 0 Å². The van der Waals surface area contributed by atoms with Gasteiger partial charge in [0, 0.05) is 10.0 Å². The normalized spacial score (nSPS) is 10.2. The van der Waals surface area contributed by atoms with Crippen molar-refractivity contribution < 1.29 is 10.0 Å². The quantitative estimate of drug-likeness (QED) is 0.756. The predicted molar refractivity (Wildman–Crippen MR) is 62.8 cm³/mol. The van der Waals surface area contributed by atoms with E-state index in [1.165, 1.54) is 12.7 Å². The van der Waals surface area contributed by atoms with Gasteiger partial charge in [0.25, 0.3) is 0 Å². The lowest BCUT2D eigenvalue weighted by atomic mass is 9.79. The van der Waals surface area contributed by atoms with Gasteiger partial charge in [0.05, 0.1) is 0 Å². The third kappa shape index (κ3) is 2.26. The smallest absolute Gasteiger partial charge is 0.423 e. The lowest BCUT2D eigenvalue weighted by Crippen LogP contribution is -2.31. The van der Waals surface area contributed by atoms with E-state index in [4.69, 9.17) is 10.0 Å². The number of aromatic nitrogens is 3. The molecule has 2 N–H and O–H groups in total. The minimum atomic E-state index is -1.53. The molecule has 0 aliphatic carbocycles. The molecule has 7 heteroatoms. The van der Waals surface area contributed by atoms with Crippen molar-refractivity contribution in [3.63, 3.8) is 0 Å². The van der Waals surface area contributed by atoms with Crippen molar-refractivity contribution in [3.05, 3.63) is 35.3 Å². The Kier molecular flexibility index (Phi) is 3.28. The van der Waals surface area contributed by atoms with Gasteiger partial charge in [-0.25, -0.2) is 15.0 Å². The third-order valence-corrected chi connectivity index (χ3v) is 2.75. The van der Waals surface area contributed by atoms with Crippen molar-refractivity contribution in [2.75, 3.05) is 0 Å². The predicted octanol–water partition coefficient (Wildman–Crippen LogP) is -0.0191. The highest BCUT2D eigenvalue weighted by Crippen LogP contribution is 2.16. The Labute approximate surface area is 100 Å². The molecule has 0 saturated heterocycles. The van der Waals surface area contributed by atoms with E-state index in [0.717, 1.165) is 0 Å². The topological polar surface area (TPSA) is 79.1 Å². The first kappa shape index (κ1) is 11.2. The van der Waals surface area contributed by atoms with Crippen LogP contribution >= 0.6 is 15.9 Å². The molecule has 80 valence electrons. The fourth-order valence-electron chi connectivity index (χ4n) is 1.27. The maximum atomic E-state index is 9.15. The van der Waals surface area contributed by atoms with E-state index in [1.807, 2.05) is 0 Å². The van der Waals surface area contributed by atoms with Crippen LogP contribution in [0.1, 0.15) is 0 Å². The van der Waals surface area contributed by atoms with Gasteiger partial charge < -0.3 is 10.0 Å². The van der Waals surface area contributed by atoms with E-state index in [2.05, 4.69) is 30.9 Å². The van der Waals surface area contributed by atoms with Crippen molar-refractivity contribution in [1.82, 2.24) is 15.0 Å². The summed E-state index contributed by atoms with van der Waals surface area (Å²) < 4.78 is 0.625. The van der Waals surface area contributed by atoms with Crippen LogP contribution in [-0.2, 0) is 0 Å². The molecule has 0 bridgehead atoms. The highest BCUT2D eigenvalue weighted by Gasteiger charge is 2.16. The first-order valence-corrected chi connectivity index (χ1v) is 5.26. The molecule has 2 aromatic rings. The zero-order valence-corrected chi connectivity index (χ0v) is 9.66. The monoisotopic (exact) mass is 279 g/mol. The summed E-state index contributed by atoms with van der Waals surface area (Å²) in [6.45, 7) is 0. The van der Waals surface area contributed by atoms with Crippen molar-refractivity contribution in [2.24, 2.45) is 0 Å². The van der Waals surface area contributed by atoms with Gasteiger partial charge in [0.2, 0.25) is 0 Å². The van der Waals surface area contributed by atoms with Gasteiger partial charge in [-0.05, 0) is 11.5 Å². The maximum absolute atomic E-state index is 9.15. The first-order valence-electron chi connectivity index (χ1n) is 4.46. The summed E-state index contributed by atoms with van der Waals surface area (Å²) in [7, 11) is -1.53. The van der Waals surface area contributed by atoms with Crippen LogP contribution in [0.2, 0.25) is 0 Å². The van der Waals surface area contributed by atoms with Crippen LogP contribution in [0.3, 0.4) is 0 Å². The van der Waals surface area contributed by atoms with Crippen LogP contribution in [0.15, 0.2) is 35.3 Å². The summed E-state index contributed by atoms with van der Waals surface area (Å²) in [5, 5.41) is 18.3. The van der Waals surface area contributed by atoms with Crippen molar-refractivity contribution in [2.45, 2.75) is 0 Å². The summed E-state index contributed by atoms with van der Waals surface area (Å²) >= 11 is 3.23. The lowest BCUT2D eigenvalue weighted by molar-refractivity contribution is 0.425. The molecule has 0 spiro atoms. The first-order chi connectivity index (χ1) is 7.68. The second-order valence-electron chi connectivity index (χ2n) is 3.07. The SMILES string of the molecule is OB(O)c1cc(-c2ncncn2)ccc1Br. The van der Waals surface area contributed by atoms with Crippen LogP contribution in [0.25, 0.3) is 11.4 Å². The Morgan fingerprint density at radius 3 is 2.44 bits per heavy atom. The Morgan fingerprint density at radius 1 is 1.12 bits per heavy atom. The Morgan fingerprint density at radius 2 is 1.81 bits per heavy atom. The van der Waals surface area contributed by atoms with Gasteiger partial charge in [-0.15, -0.1) is 0 Å². The average Bonchev–Trinajstić information content (AvgIpc) is 2.30. The number of hydrogen-bond donors (Lipinski definition) is 2. The number of hydrogen-bond acceptors (Lipinski definition) is 5. The van der Waals surface area contributed by atoms with Crippen LogP contribution in [0, 0.1) is 0 Å². The van der Waals surface area contributed by atoms with Crippen LogP contribution in [0.4, 0.5) is 0 Å². The standard InChI is InChI=1S/C9H7BBrN3O2/c11-8-2-1-6(3-7(8)10(15)16)9-13-4-12-5-14-9/h1-5,15-16H. The molecule has 1 heterocycles. The summed E-state index contributed by atoms with van der Waals surface area (Å²) in [6, 6.07) is 5.11. The molecule has 0 aliphatic rings. The molecule has 1 aromatic carbocycles. The van der Waals surface area contributed by atoms with Crippen molar-refractivity contribution >= 4 is 28.5 Å². The highest BCUT2D eigenvalue weighted by molar-refractivity contribution is 9.10. The van der Waals surface area contributed by atoms with Gasteiger partial charge in [-0.2, -0.15) is 0 Å². The van der Waals surface area contributed by atoms with Gasteiger partial charge in [0.1, 0.15) is 12.7 Å². The van der Waals surface area contributed by atoms with Gasteiger partial charge in [-0.1, -0.05) is 28.1 Å². The number of nitrogens with zero attached hydrogens (tertiary/aromatic N) is 3. The molecular weight excluding hydrogens is 273 g/mol. The lowest BCUT2D eigenvalue weighted by Gasteiger charge is -2.05. The number of benzene rings is 1. The van der Waals surface area contributed by atoms with Crippen molar-refractivity contribution in [3.8, 4) is 11.4 Å². The number of rotatable bonds is 2. The summed E-state index contributed by atoms with van der Waals surface area (Å²) in [5.74, 6) is 0.490. The summed E-state index contributed by atoms with van der Waals surface area (Å²) in [4.78, 5) is 11.7. The van der Waals surface area contributed by atoms with Crippen molar-refractivity contribution in [1.29, 1.82) is 0 Å². The largest absolute Gasteiger partial charge is 0.489 e. The second-order valence-corrected chi connectivity index (χ2v) is 3.93. The van der Waals surface area contributed by atoms with E-state index < -0.39 is 7.12 Å². The zero-order valence-electron chi connectivity index (χ0n) is 8.08. The van der Waals surface area contributed by atoms with Gasteiger partial charge >= 0.3 is 7.12 Å². The summed E-state index contributed by atoms with van der Waals surface area (Å²) in [6.07, 6.45) is 2.78. The molecule has 1 aromatic heterocycles. The Balaban J connectivity index is 2.48. The molecule has 2 rings (SSSR count). The summed E-state index contributed by atoms with van der Waals surface area (Å²) in [5.41, 5.74) is 1.08. The minimum Gasteiger partial charge on any atom is -0.423 e. The molecule has 16 heavy (non-hydrogen) atoms. The molecule has 5 nitrogen and oxygen atoms in total. The zero-order chi connectivity index (χ0) is 11.5. The number of halogens is 1. The Bertz CT molecular complexity index is 495. The minimum absolute atomic E-state index is 0.373. The maximum Gasteiger partial charge on any atom is 0.489 e. The third-order valence-electron chi connectivity index (χ3n) is 2.03. The van der Waals surface area contributed by atoms with Crippen LogP contribution < -0.4 is 5.46 Å². The fourth-order valence-corrected chi connectivity index (χ4v) is 1.72. The fraction of sp³-hybridized carbons (Fsp3) is 0. The van der Waals surface area contributed by atoms with E-state index >= 15 is 0 Å². The van der Waals surface area contributed by atoms with E-state index in [1.54, 1.807) is 18.2 Å². The van der Waals surface area contributed by atoms with Gasteiger partial charge in [0.15, 0.2) is 5.82 Å². The second kappa shape index (κ2) is 4.69. The molecule has 0 radical (unpaired) electrons. The van der Waals surface area contributed by atoms with Gasteiger partial charge in [-0.3, -0.25) is 0 Å². The molecule has 0 saturated carbocycles. The van der Waals surface area contributed by atoms with E-state index in [9.17, 15) is 0 Å².